The molecule has 7 nitrogen and oxygen atoms in total. The Morgan fingerprint density at radius 1 is 1.27 bits per heavy atom. The molecule has 2 N–H and O–H groups in total. The molecular formula is C13H21ClN2O5S. The summed E-state index contributed by atoms with van der Waals surface area (Å²) in [6.07, 6.45) is 1.20. The predicted octanol–water partition coefficient (Wildman–Crippen LogP) is 1.22. The summed E-state index contributed by atoms with van der Waals surface area (Å²) >= 11 is 0. The van der Waals surface area contributed by atoms with Gasteiger partial charge in [0.2, 0.25) is 10.0 Å². The number of esters is 1. The first-order valence-electron chi connectivity index (χ1n) is 6.73. The van der Waals surface area contributed by atoms with Crippen LogP contribution in [-0.4, -0.2) is 44.9 Å². The van der Waals surface area contributed by atoms with Crippen LogP contribution in [0.1, 0.15) is 34.7 Å². The van der Waals surface area contributed by atoms with Gasteiger partial charge in [-0.2, -0.15) is 4.31 Å². The molecule has 126 valence electrons. The molecule has 1 aliphatic rings. The SMILES string of the molecule is COC(=O)c1c(C)oc(C)c1S(=O)(=O)N1CCC(N)CC1.Cl. The minimum atomic E-state index is -3.80. The van der Waals surface area contributed by atoms with E-state index in [1.165, 1.54) is 18.3 Å². The highest BCUT2D eigenvalue weighted by molar-refractivity contribution is 7.89. The second-order valence-electron chi connectivity index (χ2n) is 5.15. The van der Waals surface area contributed by atoms with Gasteiger partial charge in [0.25, 0.3) is 0 Å². The van der Waals surface area contributed by atoms with Gasteiger partial charge in [0.1, 0.15) is 22.0 Å². The van der Waals surface area contributed by atoms with Crippen molar-refractivity contribution in [1.29, 1.82) is 0 Å². The van der Waals surface area contributed by atoms with Crippen LogP contribution in [0.15, 0.2) is 9.31 Å². The molecule has 1 aromatic heterocycles. The van der Waals surface area contributed by atoms with Crippen LogP contribution in [0, 0.1) is 13.8 Å². The molecule has 2 rings (SSSR count). The highest BCUT2D eigenvalue weighted by Gasteiger charge is 2.36. The van der Waals surface area contributed by atoms with E-state index >= 15 is 0 Å². The maximum absolute atomic E-state index is 12.8. The molecule has 0 unspecified atom stereocenters. The van der Waals surface area contributed by atoms with Crippen LogP contribution >= 0.6 is 12.4 Å². The predicted molar refractivity (Wildman–Crippen MR) is 82.7 cm³/mol. The van der Waals surface area contributed by atoms with Gasteiger partial charge in [-0.3, -0.25) is 0 Å². The molecule has 1 aromatic rings. The molecule has 0 bridgehead atoms. The lowest BCUT2D eigenvalue weighted by Crippen LogP contribution is -2.43. The van der Waals surface area contributed by atoms with Crippen molar-refractivity contribution >= 4 is 28.4 Å². The van der Waals surface area contributed by atoms with Crippen LogP contribution in [0.3, 0.4) is 0 Å². The van der Waals surface area contributed by atoms with E-state index < -0.39 is 16.0 Å². The van der Waals surface area contributed by atoms with Gasteiger partial charge in [0, 0.05) is 19.1 Å². The van der Waals surface area contributed by atoms with E-state index in [9.17, 15) is 13.2 Å². The van der Waals surface area contributed by atoms with Crippen LogP contribution in [0.5, 0.6) is 0 Å². The largest absolute Gasteiger partial charge is 0.465 e. The summed E-state index contributed by atoms with van der Waals surface area (Å²) in [5, 5.41) is 0. The number of nitrogens with two attached hydrogens (primary N) is 1. The monoisotopic (exact) mass is 352 g/mol. The van der Waals surface area contributed by atoms with Gasteiger partial charge in [0.15, 0.2) is 0 Å². The van der Waals surface area contributed by atoms with Gasteiger partial charge in [-0.15, -0.1) is 12.4 Å². The van der Waals surface area contributed by atoms with Crippen LogP contribution in [0.2, 0.25) is 0 Å². The van der Waals surface area contributed by atoms with Crippen LogP contribution in [0.4, 0.5) is 0 Å². The van der Waals surface area contributed by atoms with Crippen LogP contribution in [-0.2, 0) is 14.8 Å². The fraction of sp³-hybridized carbons (Fsp3) is 0.615. The number of hydrogen-bond acceptors (Lipinski definition) is 6. The average Bonchev–Trinajstić information content (AvgIpc) is 2.73. The Kier molecular flexibility index (Phi) is 6.03. The summed E-state index contributed by atoms with van der Waals surface area (Å²) < 4.78 is 36.9. The first-order chi connectivity index (χ1) is 9.78. The number of hydrogen-bond donors (Lipinski definition) is 1. The second kappa shape index (κ2) is 6.99. The Hall–Kier alpha value is -1.09. The van der Waals surface area contributed by atoms with Crippen LogP contribution < -0.4 is 5.73 Å². The second-order valence-corrected chi connectivity index (χ2v) is 7.03. The smallest absolute Gasteiger partial charge is 0.342 e. The summed E-state index contributed by atoms with van der Waals surface area (Å²) in [4.78, 5) is 11.8. The lowest BCUT2D eigenvalue weighted by Gasteiger charge is -2.29. The number of carbonyl (C=O) groups is 1. The molecule has 0 aliphatic carbocycles. The number of carbonyl (C=O) groups excluding carboxylic acids is 1. The van der Waals surface area contributed by atoms with Gasteiger partial charge in [-0.05, 0) is 26.7 Å². The maximum Gasteiger partial charge on any atom is 0.342 e. The quantitative estimate of drug-likeness (QED) is 0.820. The third-order valence-electron chi connectivity index (χ3n) is 3.69. The van der Waals surface area contributed by atoms with Gasteiger partial charge < -0.3 is 14.9 Å². The van der Waals surface area contributed by atoms with E-state index in [0.717, 1.165) is 0 Å². The van der Waals surface area contributed by atoms with E-state index in [-0.39, 0.29) is 40.4 Å². The number of halogens is 1. The Morgan fingerprint density at radius 3 is 2.32 bits per heavy atom. The summed E-state index contributed by atoms with van der Waals surface area (Å²) in [7, 11) is -2.59. The topological polar surface area (TPSA) is 103 Å². The molecule has 2 heterocycles. The van der Waals surface area contributed by atoms with E-state index in [1.54, 1.807) is 6.92 Å². The van der Waals surface area contributed by atoms with Crippen molar-refractivity contribution in [3.63, 3.8) is 0 Å². The Bertz CT molecular complexity index is 648. The molecule has 22 heavy (non-hydrogen) atoms. The molecule has 1 fully saturated rings. The van der Waals surface area contributed by atoms with Crippen molar-refractivity contribution in [2.75, 3.05) is 20.2 Å². The van der Waals surface area contributed by atoms with Crippen molar-refractivity contribution in [1.82, 2.24) is 4.31 Å². The normalized spacial score (nSPS) is 17.1. The summed E-state index contributed by atoms with van der Waals surface area (Å²) in [6.45, 7) is 3.76. The van der Waals surface area contributed by atoms with Crippen molar-refractivity contribution in [3.8, 4) is 0 Å². The maximum atomic E-state index is 12.8. The highest BCUT2D eigenvalue weighted by atomic mass is 35.5. The van der Waals surface area contributed by atoms with Crippen molar-refractivity contribution < 1.29 is 22.4 Å². The minimum absolute atomic E-state index is 0. The van der Waals surface area contributed by atoms with E-state index in [1.807, 2.05) is 0 Å². The standard InChI is InChI=1S/C13H20N2O5S.ClH/c1-8-11(13(16)19-3)12(9(2)20-8)21(17,18)15-6-4-10(14)5-7-15;/h10H,4-7,14H2,1-3H3;1H. The average molecular weight is 353 g/mol. The first kappa shape index (κ1) is 19.0. The Morgan fingerprint density at radius 2 is 1.82 bits per heavy atom. The van der Waals surface area contributed by atoms with E-state index in [2.05, 4.69) is 4.74 Å². The molecular weight excluding hydrogens is 332 g/mol. The Balaban J connectivity index is 0.00000242. The summed E-state index contributed by atoms with van der Waals surface area (Å²) in [6, 6.07) is 0.0173. The number of methoxy groups -OCH3 is 1. The molecule has 1 saturated heterocycles. The van der Waals surface area contributed by atoms with Gasteiger partial charge in [-0.1, -0.05) is 0 Å². The Labute approximate surface area is 136 Å². The van der Waals surface area contributed by atoms with Crippen LogP contribution in [0.25, 0.3) is 0 Å². The van der Waals surface area contributed by atoms with E-state index in [4.69, 9.17) is 10.2 Å². The zero-order chi connectivity index (χ0) is 15.8. The third kappa shape index (κ3) is 3.29. The van der Waals surface area contributed by atoms with Crippen molar-refractivity contribution in [2.45, 2.75) is 37.6 Å². The molecule has 9 heteroatoms. The number of piperidine rings is 1. The van der Waals surface area contributed by atoms with Crippen molar-refractivity contribution in [2.24, 2.45) is 5.73 Å². The van der Waals surface area contributed by atoms with Gasteiger partial charge in [0.05, 0.1) is 7.11 Å². The molecule has 0 saturated carbocycles. The summed E-state index contributed by atoms with van der Waals surface area (Å²) in [5.74, 6) is -0.272. The number of nitrogens with zero attached hydrogens (tertiary/aromatic N) is 1. The zero-order valence-corrected chi connectivity index (χ0v) is 14.4. The first-order valence-corrected chi connectivity index (χ1v) is 8.17. The fourth-order valence-electron chi connectivity index (χ4n) is 2.56. The molecule has 0 radical (unpaired) electrons. The van der Waals surface area contributed by atoms with E-state index in [0.29, 0.717) is 25.9 Å². The van der Waals surface area contributed by atoms with Gasteiger partial charge >= 0.3 is 5.97 Å². The molecule has 0 aromatic carbocycles. The minimum Gasteiger partial charge on any atom is -0.465 e. The molecule has 1 aliphatic heterocycles. The lowest BCUT2D eigenvalue weighted by atomic mass is 10.1. The number of rotatable bonds is 3. The number of ether oxygens (including phenoxy) is 1. The molecule has 0 spiro atoms. The molecule has 0 amide bonds. The zero-order valence-electron chi connectivity index (χ0n) is 12.8. The number of furan rings is 1. The highest BCUT2D eigenvalue weighted by Crippen LogP contribution is 2.31. The lowest BCUT2D eigenvalue weighted by molar-refractivity contribution is 0.0594. The van der Waals surface area contributed by atoms with Crippen molar-refractivity contribution in [3.05, 3.63) is 17.1 Å². The van der Waals surface area contributed by atoms with Gasteiger partial charge in [-0.25, -0.2) is 13.2 Å². The third-order valence-corrected chi connectivity index (χ3v) is 5.74. The fourth-order valence-corrected chi connectivity index (χ4v) is 4.40. The number of aryl methyl sites for hydroxylation is 2. The number of sulfonamides is 1. The summed E-state index contributed by atoms with van der Waals surface area (Å²) in [5.41, 5.74) is 5.78. The molecule has 0 atom stereocenters.